The number of carbonyl (C=O) groups excluding carboxylic acids is 1. The topological polar surface area (TPSA) is 81.1 Å². The lowest BCUT2D eigenvalue weighted by Gasteiger charge is -2.13. The lowest BCUT2D eigenvalue weighted by atomic mass is 10.0. The molecular weight excluding hydrogens is 250 g/mol. The van der Waals surface area contributed by atoms with E-state index >= 15 is 0 Å². The van der Waals surface area contributed by atoms with Crippen LogP contribution in [0.15, 0.2) is 42.5 Å². The maximum Gasteiger partial charge on any atom is 0.250 e. The molecular formula is C16H19N3O. The molecule has 0 aromatic heterocycles. The Morgan fingerprint density at radius 2 is 1.85 bits per heavy atom. The summed E-state index contributed by atoms with van der Waals surface area (Å²) in [4.78, 5) is 11.3. The van der Waals surface area contributed by atoms with E-state index in [4.69, 9.17) is 11.5 Å². The Balaban J connectivity index is 2.33. The van der Waals surface area contributed by atoms with E-state index in [2.05, 4.69) is 31.3 Å². The standard InChI is InChI=1S/C16H19N3O/c1-10(2)11-5-3-6-12(9-11)19-14-8-4-7-13(15(14)17)16(18)20/h3-10,19H,17H2,1-2H3,(H2,18,20). The zero-order valence-electron chi connectivity index (χ0n) is 11.7. The molecule has 0 saturated carbocycles. The van der Waals surface area contributed by atoms with Crippen LogP contribution in [-0.2, 0) is 0 Å². The SMILES string of the molecule is CC(C)c1cccc(Nc2cccc(C(N)=O)c2N)c1. The van der Waals surface area contributed by atoms with E-state index in [9.17, 15) is 4.79 Å². The van der Waals surface area contributed by atoms with Crippen LogP contribution < -0.4 is 16.8 Å². The van der Waals surface area contributed by atoms with Crippen molar-refractivity contribution in [3.63, 3.8) is 0 Å². The molecule has 0 aliphatic carbocycles. The van der Waals surface area contributed by atoms with Crippen molar-refractivity contribution in [1.29, 1.82) is 0 Å². The summed E-state index contributed by atoms with van der Waals surface area (Å²) in [5, 5.41) is 3.23. The van der Waals surface area contributed by atoms with Crippen LogP contribution in [0.1, 0.15) is 35.7 Å². The van der Waals surface area contributed by atoms with Crippen molar-refractivity contribution in [2.45, 2.75) is 19.8 Å². The Labute approximate surface area is 118 Å². The van der Waals surface area contributed by atoms with Gasteiger partial charge in [-0.3, -0.25) is 4.79 Å². The third-order valence-electron chi connectivity index (χ3n) is 3.20. The van der Waals surface area contributed by atoms with Crippen molar-refractivity contribution >= 4 is 23.0 Å². The van der Waals surface area contributed by atoms with E-state index in [0.29, 0.717) is 22.9 Å². The first-order valence-corrected chi connectivity index (χ1v) is 6.54. The van der Waals surface area contributed by atoms with Crippen molar-refractivity contribution in [1.82, 2.24) is 0 Å². The molecule has 2 aromatic carbocycles. The van der Waals surface area contributed by atoms with Crippen molar-refractivity contribution < 1.29 is 4.79 Å². The quantitative estimate of drug-likeness (QED) is 0.745. The van der Waals surface area contributed by atoms with E-state index in [-0.39, 0.29) is 0 Å². The van der Waals surface area contributed by atoms with E-state index in [1.807, 2.05) is 18.2 Å². The molecule has 0 heterocycles. The van der Waals surface area contributed by atoms with E-state index < -0.39 is 5.91 Å². The molecule has 4 heteroatoms. The minimum atomic E-state index is -0.526. The van der Waals surface area contributed by atoms with Gasteiger partial charge in [0, 0.05) is 5.69 Å². The number of hydrogen-bond donors (Lipinski definition) is 3. The smallest absolute Gasteiger partial charge is 0.250 e. The van der Waals surface area contributed by atoms with Gasteiger partial charge in [0.1, 0.15) is 0 Å². The monoisotopic (exact) mass is 269 g/mol. The maximum atomic E-state index is 11.3. The van der Waals surface area contributed by atoms with Crippen LogP contribution in [0.5, 0.6) is 0 Å². The predicted molar refractivity (Wildman–Crippen MR) is 83.2 cm³/mol. The van der Waals surface area contributed by atoms with Gasteiger partial charge >= 0.3 is 0 Å². The molecule has 0 unspecified atom stereocenters. The fourth-order valence-electron chi connectivity index (χ4n) is 2.02. The number of carbonyl (C=O) groups is 1. The average molecular weight is 269 g/mol. The van der Waals surface area contributed by atoms with Gasteiger partial charge in [-0.15, -0.1) is 0 Å². The van der Waals surface area contributed by atoms with Gasteiger partial charge in [-0.25, -0.2) is 0 Å². The van der Waals surface area contributed by atoms with Crippen molar-refractivity contribution in [3.05, 3.63) is 53.6 Å². The molecule has 0 aliphatic heterocycles. The highest BCUT2D eigenvalue weighted by Crippen LogP contribution is 2.27. The van der Waals surface area contributed by atoms with Crippen LogP contribution in [0.4, 0.5) is 17.1 Å². The summed E-state index contributed by atoms with van der Waals surface area (Å²) in [6, 6.07) is 13.3. The second kappa shape index (κ2) is 5.65. The van der Waals surface area contributed by atoms with E-state index in [0.717, 1.165) is 5.69 Å². The van der Waals surface area contributed by atoms with Gasteiger partial charge in [0.15, 0.2) is 0 Å². The van der Waals surface area contributed by atoms with Crippen LogP contribution in [0.2, 0.25) is 0 Å². The highest BCUT2D eigenvalue weighted by Gasteiger charge is 2.09. The Hall–Kier alpha value is -2.49. The number of amides is 1. The molecule has 2 aromatic rings. The van der Waals surface area contributed by atoms with Crippen LogP contribution in [0.25, 0.3) is 0 Å². The first-order chi connectivity index (χ1) is 9.49. The summed E-state index contributed by atoms with van der Waals surface area (Å²) < 4.78 is 0. The highest BCUT2D eigenvalue weighted by molar-refractivity contribution is 6.01. The van der Waals surface area contributed by atoms with Crippen LogP contribution in [-0.4, -0.2) is 5.91 Å². The lowest BCUT2D eigenvalue weighted by Crippen LogP contribution is -2.14. The average Bonchev–Trinajstić information content (AvgIpc) is 2.41. The second-order valence-electron chi connectivity index (χ2n) is 5.04. The summed E-state index contributed by atoms with van der Waals surface area (Å²) in [5.41, 5.74) is 14.8. The predicted octanol–water partition coefficient (Wildman–Crippen LogP) is 3.23. The second-order valence-corrected chi connectivity index (χ2v) is 5.04. The molecule has 5 N–H and O–H groups in total. The number of para-hydroxylation sites is 1. The molecule has 0 fully saturated rings. The minimum Gasteiger partial charge on any atom is -0.396 e. The Morgan fingerprint density at radius 1 is 1.15 bits per heavy atom. The van der Waals surface area contributed by atoms with Crippen LogP contribution in [0, 0.1) is 0 Å². The molecule has 2 rings (SSSR count). The summed E-state index contributed by atoms with van der Waals surface area (Å²) in [6.45, 7) is 4.28. The fourth-order valence-corrected chi connectivity index (χ4v) is 2.02. The van der Waals surface area contributed by atoms with Gasteiger partial charge < -0.3 is 16.8 Å². The van der Waals surface area contributed by atoms with Crippen molar-refractivity contribution in [3.8, 4) is 0 Å². The van der Waals surface area contributed by atoms with Crippen molar-refractivity contribution in [2.75, 3.05) is 11.1 Å². The molecule has 0 bridgehead atoms. The first-order valence-electron chi connectivity index (χ1n) is 6.54. The molecule has 0 radical (unpaired) electrons. The van der Waals surface area contributed by atoms with Gasteiger partial charge in [-0.2, -0.15) is 0 Å². The minimum absolute atomic E-state index is 0.329. The van der Waals surface area contributed by atoms with Gasteiger partial charge in [0.25, 0.3) is 5.91 Å². The number of benzene rings is 2. The van der Waals surface area contributed by atoms with Gasteiger partial charge in [0.2, 0.25) is 0 Å². The number of nitrogens with two attached hydrogens (primary N) is 2. The molecule has 20 heavy (non-hydrogen) atoms. The lowest BCUT2D eigenvalue weighted by molar-refractivity contribution is 0.100. The Kier molecular flexibility index (Phi) is 3.94. The van der Waals surface area contributed by atoms with E-state index in [1.54, 1.807) is 12.1 Å². The highest BCUT2D eigenvalue weighted by atomic mass is 16.1. The van der Waals surface area contributed by atoms with Crippen LogP contribution in [0.3, 0.4) is 0 Å². The summed E-state index contributed by atoms with van der Waals surface area (Å²) >= 11 is 0. The van der Waals surface area contributed by atoms with Gasteiger partial charge in [0.05, 0.1) is 16.9 Å². The zero-order valence-corrected chi connectivity index (χ0v) is 11.7. The molecule has 1 amide bonds. The first kappa shape index (κ1) is 13.9. The summed E-state index contributed by atoms with van der Waals surface area (Å²) in [7, 11) is 0. The van der Waals surface area contributed by atoms with Gasteiger partial charge in [-0.1, -0.05) is 32.0 Å². The number of hydrogen-bond acceptors (Lipinski definition) is 3. The molecule has 104 valence electrons. The third kappa shape index (κ3) is 2.91. The molecule has 0 aliphatic rings. The number of rotatable bonds is 4. The van der Waals surface area contributed by atoms with Crippen molar-refractivity contribution in [2.24, 2.45) is 5.73 Å². The normalized spacial score (nSPS) is 10.6. The third-order valence-corrected chi connectivity index (χ3v) is 3.20. The maximum absolute atomic E-state index is 11.3. The number of primary amides is 1. The largest absolute Gasteiger partial charge is 0.396 e. The Morgan fingerprint density at radius 3 is 2.50 bits per heavy atom. The number of anilines is 3. The zero-order chi connectivity index (χ0) is 14.7. The van der Waals surface area contributed by atoms with Crippen LogP contribution >= 0.6 is 0 Å². The van der Waals surface area contributed by atoms with E-state index in [1.165, 1.54) is 5.56 Å². The number of nitrogens with one attached hydrogen (secondary N) is 1. The molecule has 4 nitrogen and oxygen atoms in total. The number of nitrogen functional groups attached to an aromatic ring is 1. The van der Waals surface area contributed by atoms with Gasteiger partial charge in [-0.05, 0) is 35.7 Å². The molecule has 0 spiro atoms. The summed E-state index contributed by atoms with van der Waals surface area (Å²) in [6.07, 6.45) is 0. The fraction of sp³-hybridized carbons (Fsp3) is 0.188. The molecule has 0 saturated heterocycles. The summed E-state index contributed by atoms with van der Waals surface area (Å²) in [5.74, 6) is -0.0758. The Bertz CT molecular complexity index is 635. The molecule has 0 atom stereocenters.